The molecule has 3 aromatic rings. The van der Waals surface area contributed by atoms with Crippen molar-refractivity contribution < 1.29 is 4.39 Å². The zero-order chi connectivity index (χ0) is 27.1. The Balaban J connectivity index is 1.14. The van der Waals surface area contributed by atoms with E-state index in [0.717, 1.165) is 74.5 Å². The highest BCUT2D eigenvalue weighted by Gasteiger charge is 2.35. The second-order valence-electron chi connectivity index (χ2n) is 11.5. The number of piperazine rings is 1. The summed E-state index contributed by atoms with van der Waals surface area (Å²) in [6, 6.07) is 12.8. The van der Waals surface area contributed by atoms with Crippen LogP contribution in [-0.4, -0.2) is 83.7 Å². The summed E-state index contributed by atoms with van der Waals surface area (Å²) in [7, 11) is 0. The van der Waals surface area contributed by atoms with E-state index in [9.17, 15) is 5.26 Å². The standard InChI is InChI=1S/C30H37FN8/c1-20-15-37(18-27(20)33)24-12-26(31)28(35-14-24)19-36-9-7-23-17-38(16-21(2)39(23)11-10-36)29-6-5-22(13-32)30-25(29)4-3-8-34-30/h3-6,8,12,14,20-21,23,27H,7,9-11,15-19,33H2,1-2H3/t20?,21-,23+,27-/m1/s1. The Kier molecular flexibility index (Phi) is 7.10. The van der Waals surface area contributed by atoms with E-state index in [1.54, 1.807) is 18.5 Å². The van der Waals surface area contributed by atoms with Crippen LogP contribution >= 0.6 is 0 Å². The Labute approximate surface area is 229 Å². The smallest absolute Gasteiger partial charge is 0.148 e. The predicted octanol–water partition coefficient (Wildman–Crippen LogP) is 3.21. The van der Waals surface area contributed by atoms with Crippen molar-refractivity contribution in [2.45, 2.75) is 44.9 Å². The van der Waals surface area contributed by atoms with E-state index in [-0.39, 0.29) is 11.9 Å². The van der Waals surface area contributed by atoms with E-state index in [2.05, 4.69) is 61.6 Å². The highest BCUT2D eigenvalue weighted by Crippen LogP contribution is 2.32. The summed E-state index contributed by atoms with van der Waals surface area (Å²) in [6.07, 6.45) is 4.57. The van der Waals surface area contributed by atoms with E-state index in [4.69, 9.17) is 5.73 Å². The first-order chi connectivity index (χ1) is 18.9. The third kappa shape index (κ3) is 5.05. The van der Waals surface area contributed by atoms with Crippen molar-refractivity contribution in [2.75, 3.05) is 55.6 Å². The average Bonchev–Trinajstić information content (AvgIpc) is 3.14. The minimum absolute atomic E-state index is 0.119. The molecule has 1 unspecified atom stereocenters. The lowest BCUT2D eigenvalue weighted by Gasteiger charge is -2.46. The van der Waals surface area contributed by atoms with Crippen LogP contribution in [0, 0.1) is 23.1 Å². The number of nitrogens with zero attached hydrogens (tertiary/aromatic N) is 7. The Morgan fingerprint density at radius 1 is 1.05 bits per heavy atom. The molecular formula is C30H37FN8. The lowest BCUT2D eigenvalue weighted by molar-refractivity contribution is 0.127. The molecule has 1 aromatic carbocycles. The van der Waals surface area contributed by atoms with E-state index >= 15 is 4.39 Å². The van der Waals surface area contributed by atoms with Crippen molar-refractivity contribution in [1.82, 2.24) is 19.8 Å². The van der Waals surface area contributed by atoms with Gasteiger partial charge in [-0.1, -0.05) is 6.92 Å². The Bertz CT molecular complexity index is 1380. The number of rotatable bonds is 4. The van der Waals surface area contributed by atoms with Crippen molar-refractivity contribution >= 4 is 22.3 Å². The lowest BCUT2D eigenvalue weighted by Crippen LogP contribution is -2.58. The molecule has 3 aliphatic rings. The van der Waals surface area contributed by atoms with E-state index in [1.807, 2.05) is 12.1 Å². The van der Waals surface area contributed by atoms with Gasteiger partial charge in [0.05, 0.1) is 28.7 Å². The SMILES string of the molecule is CC1CN(c2cnc(CN3CC[C@H]4CN(c5ccc(C#N)c6ncccc56)C[C@@H](C)N4CC3)c(F)c2)C[C@H]1N. The van der Waals surface area contributed by atoms with Gasteiger partial charge in [-0.3, -0.25) is 19.8 Å². The Morgan fingerprint density at radius 3 is 2.69 bits per heavy atom. The number of nitrogens with two attached hydrogens (primary N) is 1. The van der Waals surface area contributed by atoms with Gasteiger partial charge in [0.25, 0.3) is 0 Å². The van der Waals surface area contributed by atoms with Gasteiger partial charge in [0, 0.05) is 93.8 Å². The van der Waals surface area contributed by atoms with Crippen LogP contribution in [0.3, 0.4) is 0 Å². The number of benzene rings is 1. The number of aromatic nitrogens is 2. The van der Waals surface area contributed by atoms with Gasteiger partial charge in [-0.2, -0.15) is 5.26 Å². The summed E-state index contributed by atoms with van der Waals surface area (Å²) >= 11 is 0. The number of nitriles is 1. The van der Waals surface area contributed by atoms with Gasteiger partial charge in [0.2, 0.25) is 0 Å². The van der Waals surface area contributed by atoms with Crippen LogP contribution in [-0.2, 0) is 6.54 Å². The zero-order valence-electron chi connectivity index (χ0n) is 22.8. The molecule has 3 aliphatic heterocycles. The first-order valence-electron chi connectivity index (χ1n) is 14.1. The van der Waals surface area contributed by atoms with Gasteiger partial charge in [-0.25, -0.2) is 4.39 Å². The van der Waals surface area contributed by atoms with Crippen molar-refractivity contribution in [3.63, 3.8) is 0 Å². The summed E-state index contributed by atoms with van der Waals surface area (Å²) in [4.78, 5) is 18.6. The number of hydrogen-bond donors (Lipinski definition) is 1. The maximum Gasteiger partial charge on any atom is 0.148 e. The van der Waals surface area contributed by atoms with Crippen LogP contribution in [0.2, 0.25) is 0 Å². The topological polar surface area (TPSA) is 88.6 Å². The molecule has 5 heterocycles. The molecule has 0 aliphatic carbocycles. The largest absolute Gasteiger partial charge is 0.368 e. The molecule has 8 nitrogen and oxygen atoms in total. The number of pyridine rings is 2. The van der Waals surface area contributed by atoms with Crippen molar-refractivity contribution in [2.24, 2.45) is 11.7 Å². The van der Waals surface area contributed by atoms with Crippen molar-refractivity contribution in [3.8, 4) is 6.07 Å². The van der Waals surface area contributed by atoms with Crippen LogP contribution in [0.1, 0.15) is 31.5 Å². The molecule has 0 bridgehead atoms. The monoisotopic (exact) mass is 528 g/mol. The van der Waals surface area contributed by atoms with Gasteiger partial charge in [0.1, 0.15) is 11.9 Å². The first-order valence-corrected chi connectivity index (χ1v) is 14.1. The molecular weight excluding hydrogens is 491 g/mol. The Hall–Kier alpha value is -3.32. The maximum atomic E-state index is 15.1. The highest BCUT2D eigenvalue weighted by atomic mass is 19.1. The fourth-order valence-electron chi connectivity index (χ4n) is 6.62. The van der Waals surface area contributed by atoms with Gasteiger partial charge >= 0.3 is 0 Å². The molecule has 39 heavy (non-hydrogen) atoms. The van der Waals surface area contributed by atoms with Crippen LogP contribution in [0.15, 0.2) is 42.7 Å². The molecule has 4 atom stereocenters. The normalized spacial score (nSPS) is 26.4. The number of hydrogen-bond acceptors (Lipinski definition) is 8. The second kappa shape index (κ2) is 10.7. The molecule has 2 aromatic heterocycles. The second-order valence-corrected chi connectivity index (χ2v) is 11.5. The molecule has 3 fully saturated rings. The summed E-state index contributed by atoms with van der Waals surface area (Å²) in [5.41, 5.74) is 10.0. The molecule has 0 amide bonds. The van der Waals surface area contributed by atoms with Crippen LogP contribution < -0.4 is 15.5 Å². The number of anilines is 2. The molecule has 6 rings (SSSR count). The fraction of sp³-hybridized carbons (Fsp3) is 0.500. The van der Waals surface area contributed by atoms with Gasteiger partial charge in [0.15, 0.2) is 0 Å². The Morgan fingerprint density at radius 2 is 1.92 bits per heavy atom. The molecule has 9 heteroatoms. The highest BCUT2D eigenvalue weighted by molar-refractivity contribution is 5.95. The van der Waals surface area contributed by atoms with Crippen LogP contribution in [0.25, 0.3) is 10.9 Å². The number of halogens is 1. The van der Waals surface area contributed by atoms with Crippen LogP contribution in [0.4, 0.5) is 15.8 Å². The van der Waals surface area contributed by atoms with E-state index in [0.29, 0.717) is 35.8 Å². The average molecular weight is 529 g/mol. The predicted molar refractivity (Wildman–Crippen MR) is 152 cm³/mol. The fourth-order valence-corrected chi connectivity index (χ4v) is 6.62. The molecule has 2 N–H and O–H groups in total. The maximum absolute atomic E-state index is 15.1. The van der Waals surface area contributed by atoms with E-state index in [1.165, 1.54) is 0 Å². The number of fused-ring (bicyclic) bond motifs is 2. The van der Waals surface area contributed by atoms with Crippen molar-refractivity contribution in [3.05, 3.63) is 59.8 Å². The third-order valence-electron chi connectivity index (χ3n) is 8.92. The minimum Gasteiger partial charge on any atom is -0.368 e. The van der Waals surface area contributed by atoms with Gasteiger partial charge in [-0.15, -0.1) is 0 Å². The molecule has 0 spiro atoms. The zero-order valence-corrected chi connectivity index (χ0v) is 22.8. The summed E-state index contributed by atoms with van der Waals surface area (Å²) in [5.74, 6) is 0.164. The summed E-state index contributed by atoms with van der Waals surface area (Å²) in [5, 5.41) is 10.6. The lowest BCUT2D eigenvalue weighted by atomic mass is 10.0. The van der Waals surface area contributed by atoms with Gasteiger partial charge in [-0.05, 0) is 43.5 Å². The van der Waals surface area contributed by atoms with E-state index < -0.39 is 0 Å². The van der Waals surface area contributed by atoms with Crippen LogP contribution in [0.5, 0.6) is 0 Å². The van der Waals surface area contributed by atoms with Crippen molar-refractivity contribution in [1.29, 1.82) is 5.26 Å². The molecule has 3 saturated heterocycles. The minimum atomic E-state index is -0.233. The molecule has 0 radical (unpaired) electrons. The summed E-state index contributed by atoms with van der Waals surface area (Å²) in [6.45, 7) is 11.1. The third-order valence-corrected chi connectivity index (χ3v) is 8.92. The van der Waals surface area contributed by atoms with Gasteiger partial charge < -0.3 is 15.5 Å². The molecule has 204 valence electrons. The quantitative estimate of drug-likeness (QED) is 0.552. The molecule has 0 saturated carbocycles. The summed E-state index contributed by atoms with van der Waals surface area (Å²) < 4.78 is 15.1. The first kappa shape index (κ1) is 25.9.